The Hall–Kier alpha value is -3.22. The van der Waals surface area contributed by atoms with Crippen LogP contribution in [-0.2, 0) is 5.54 Å². The molecule has 136 valence electrons. The molecule has 7 heteroatoms. The maximum atomic E-state index is 12.7. The molecule has 0 saturated carbocycles. The topological polar surface area (TPSA) is 83.0 Å². The van der Waals surface area contributed by atoms with Gasteiger partial charge in [0.15, 0.2) is 0 Å². The fourth-order valence-electron chi connectivity index (χ4n) is 4.45. The molecule has 0 bridgehead atoms. The molecule has 27 heavy (non-hydrogen) atoms. The van der Waals surface area contributed by atoms with Crippen molar-refractivity contribution in [3.8, 4) is 0 Å². The number of fused-ring (bicyclic) bond motifs is 4. The van der Waals surface area contributed by atoms with Gasteiger partial charge in [0.25, 0.3) is 5.91 Å². The summed E-state index contributed by atoms with van der Waals surface area (Å²) in [6, 6.07) is 8.36. The molecule has 0 aliphatic carbocycles. The zero-order valence-electron chi connectivity index (χ0n) is 15.1. The Bertz CT molecular complexity index is 1050. The van der Waals surface area contributed by atoms with Gasteiger partial charge in [0, 0.05) is 44.1 Å². The van der Waals surface area contributed by atoms with E-state index in [1.807, 2.05) is 18.5 Å². The lowest BCUT2D eigenvalue weighted by atomic mass is 9.84. The number of benzene rings is 1. The van der Waals surface area contributed by atoms with Gasteiger partial charge in [-0.15, -0.1) is 0 Å². The molecule has 2 N–H and O–H groups in total. The molecule has 1 fully saturated rings. The Labute approximate surface area is 156 Å². The Balaban J connectivity index is 1.76. The van der Waals surface area contributed by atoms with Gasteiger partial charge in [0.05, 0.1) is 5.54 Å². The third-order valence-electron chi connectivity index (χ3n) is 5.71. The second kappa shape index (κ2) is 5.90. The molecule has 1 saturated heterocycles. The van der Waals surface area contributed by atoms with Gasteiger partial charge in [-0.1, -0.05) is 18.2 Å². The van der Waals surface area contributed by atoms with Crippen LogP contribution in [0.5, 0.6) is 0 Å². The Morgan fingerprint density at radius 1 is 1.26 bits per heavy atom. The first-order valence-electron chi connectivity index (χ1n) is 9.17. The number of anilines is 2. The summed E-state index contributed by atoms with van der Waals surface area (Å²) in [7, 11) is 1.78. The van der Waals surface area contributed by atoms with Crippen LogP contribution >= 0.6 is 0 Å². The molecule has 1 atom stereocenters. The Kier molecular flexibility index (Phi) is 3.50. The number of carbonyl (C=O) groups is 1. The van der Waals surface area contributed by atoms with E-state index in [9.17, 15) is 4.79 Å². The molecule has 5 rings (SSSR count). The normalized spacial score (nSPS) is 21.4. The van der Waals surface area contributed by atoms with E-state index in [2.05, 4.69) is 48.7 Å². The summed E-state index contributed by atoms with van der Waals surface area (Å²) in [5, 5.41) is 8.36. The number of amides is 1. The van der Waals surface area contributed by atoms with Crippen molar-refractivity contribution in [2.24, 2.45) is 0 Å². The number of rotatable bonds is 2. The minimum absolute atomic E-state index is 0.125. The number of nitrogens with zero attached hydrogens (tertiary/aromatic N) is 4. The molecule has 2 aliphatic rings. The molecule has 4 heterocycles. The van der Waals surface area contributed by atoms with Crippen molar-refractivity contribution in [1.29, 1.82) is 0 Å². The molecule has 0 unspecified atom stereocenters. The standard InChI is InChI=1S/C20H20N6O/c1-21-19-23-11-15-17(25-19)26-9-3-7-20(26,12-24-18(15)27)16-5-2-4-13-6-8-22-10-14(13)16/h2,4-6,8,10-11H,3,7,9,12H2,1H3,(H,24,27)(H,21,23,25)/t20-/m1/s1. The fourth-order valence-corrected chi connectivity index (χ4v) is 4.45. The molecule has 7 nitrogen and oxygen atoms in total. The monoisotopic (exact) mass is 360 g/mol. The van der Waals surface area contributed by atoms with Crippen LogP contribution in [0.15, 0.2) is 42.9 Å². The highest BCUT2D eigenvalue weighted by atomic mass is 16.1. The van der Waals surface area contributed by atoms with Crippen molar-refractivity contribution in [2.45, 2.75) is 18.4 Å². The van der Waals surface area contributed by atoms with Crippen molar-refractivity contribution >= 4 is 28.4 Å². The second-order valence-electron chi connectivity index (χ2n) is 7.05. The molecule has 0 radical (unpaired) electrons. The minimum atomic E-state index is -0.344. The number of pyridine rings is 1. The van der Waals surface area contributed by atoms with Crippen molar-refractivity contribution in [3.63, 3.8) is 0 Å². The van der Waals surface area contributed by atoms with Crippen molar-refractivity contribution < 1.29 is 4.79 Å². The molecular weight excluding hydrogens is 340 g/mol. The lowest BCUT2D eigenvalue weighted by Gasteiger charge is -2.39. The van der Waals surface area contributed by atoms with Crippen LogP contribution in [0.4, 0.5) is 11.8 Å². The summed E-state index contributed by atoms with van der Waals surface area (Å²) in [6.45, 7) is 1.38. The van der Waals surface area contributed by atoms with Gasteiger partial charge in [-0.2, -0.15) is 4.98 Å². The first-order valence-corrected chi connectivity index (χ1v) is 9.17. The Morgan fingerprint density at radius 2 is 2.19 bits per heavy atom. The van der Waals surface area contributed by atoms with Gasteiger partial charge >= 0.3 is 0 Å². The number of hydrogen-bond acceptors (Lipinski definition) is 6. The van der Waals surface area contributed by atoms with Crippen LogP contribution in [0, 0.1) is 0 Å². The van der Waals surface area contributed by atoms with E-state index >= 15 is 0 Å². The van der Waals surface area contributed by atoms with Crippen molar-refractivity contribution in [1.82, 2.24) is 20.3 Å². The second-order valence-corrected chi connectivity index (χ2v) is 7.05. The highest BCUT2D eigenvalue weighted by Gasteiger charge is 2.47. The van der Waals surface area contributed by atoms with E-state index in [1.54, 1.807) is 13.2 Å². The quantitative estimate of drug-likeness (QED) is 0.730. The summed E-state index contributed by atoms with van der Waals surface area (Å²) in [6.07, 6.45) is 7.32. The Morgan fingerprint density at radius 3 is 3.07 bits per heavy atom. The maximum absolute atomic E-state index is 12.7. The first kappa shape index (κ1) is 16.0. The highest BCUT2D eigenvalue weighted by molar-refractivity contribution is 6.00. The summed E-state index contributed by atoms with van der Waals surface area (Å²) >= 11 is 0. The maximum Gasteiger partial charge on any atom is 0.256 e. The SMILES string of the molecule is CNc1ncc2c(n1)N1CCC[C@]1(c1cccc3ccncc13)CNC2=O. The highest BCUT2D eigenvalue weighted by Crippen LogP contribution is 2.45. The van der Waals surface area contributed by atoms with Gasteiger partial charge in [0.1, 0.15) is 11.4 Å². The van der Waals surface area contributed by atoms with Crippen molar-refractivity contribution in [2.75, 3.05) is 30.4 Å². The van der Waals surface area contributed by atoms with Gasteiger partial charge in [-0.3, -0.25) is 9.78 Å². The predicted molar refractivity (Wildman–Crippen MR) is 104 cm³/mol. The molecule has 1 amide bonds. The van der Waals surface area contributed by atoms with Crippen LogP contribution < -0.4 is 15.5 Å². The zero-order valence-corrected chi connectivity index (χ0v) is 15.1. The largest absolute Gasteiger partial charge is 0.357 e. The van der Waals surface area contributed by atoms with Gasteiger partial charge in [0.2, 0.25) is 5.95 Å². The van der Waals surface area contributed by atoms with Gasteiger partial charge in [-0.05, 0) is 29.9 Å². The zero-order chi connectivity index (χ0) is 18.4. The van der Waals surface area contributed by atoms with Gasteiger partial charge < -0.3 is 15.5 Å². The number of hydrogen-bond donors (Lipinski definition) is 2. The molecule has 2 aromatic heterocycles. The molecule has 0 spiro atoms. The summed E-state index contributed by atoms with van der Waals surface area (Å²) < 4.78 is 0. The third-order valence-corrected chi connectivity index (χ3v) is 5.71. The van der Waals surface area contributed by atoms with Gasteiger partial charge in [-0.25, -0.2) is 4.98 Å². The van der Waals surface area contributed by atoms with Crippen molar-refractivity contribution in [3.05, 3.63) is 54.0 Å². The van der Waals surface area contributed by atoms with E-state index in [4.69, 9.17) is 0 Å². The predicted octanol–water partition coefficient (Wildman–Crippen LogP) is 2.31. The van der Waals surface area contributed by atoms with Crippen LogP contribution in [0.25, 0.3) is 10.8 Å². The number of nitrogens with one attached hydrogen (secondary N) is 2. The van der Waals surface area contributed by atoms with E-state index < -0.39 is 0 Å². The molecule has 1 aromatic carbocycles. The van der Waals surface area contributed by atoms with E-state index in [0.717, 1.165) is 30.2 Å². The molecule has 2 aliphatic heterocycles. The molecular formula is C20H20N6O. The lowest BCUT2D eigenvalue weighted by Crippen LogP contribution is -2.48. The number of carbonyl (C=O) groups excluding carboxylic acids is 1. The van der Waals surface area contributed by atoms with E-state index in [0.29, 0.717) is 23.9 Å². The minimum Gasteiger partial charge on any atom is -0.357 e. The van der Waals surface area contributed by atoms with Crippen LogP contribution in [-0.4, -0.2) is 41.0 Å². The lowest BCUT2D eigenvalue weighted by molar-refractivity contribution is 0.0949. The molecule has 3 aromatic rings. The van der Waals surface area contributed by atoms with Crippen LogP contribution in [0.1, 0.15) is 28.8 Å². The third kappa shape index (κ3) is 2.27. The first-order chi connectivity index (χ1) is 13.2. The van der Waals surface area contributed by atoms with Crippen LogP contribution in [0.3, 0.4) is 0 Å². The van der Waals surface area contributed by atoms with E-state index in [-0.39, 0.29) is 11.4 Å². The smallest absolute Gasteiger partial charge is 0.256 e. The van der Waals surface area contributed by atoms with Crippen LogP contribution in [0.2, 0.25) is 0 Å². The number of aromatic nitrogens is 3. The average molecular weight is 360 g/mol. The summed E-state index contributed by atoms with van der Waals surface area (Å²) in [5.74, 6) is 1.09. The fraction of sp³-hybridized carbons (Fsp3) is 0.300. The van der Waals surface area contributed by atoms with E-state index in [1.165, 1.54) is 5.56 Å². The summed E-state index contributed by atoms with van der Waals surface area (Å²) in [4.78, 5) is 28.3. The summed E-state index contributed by atoms with van der Waals surface area (Å²) in [5.41, 5.74) is 1.36. The average Bonchev–Trinajstić information content (AvgIpc) is 3.11.